The number of fused-ring (bicyclic) bond motifs is 15. The summed E-state index contributed by atoms with van der Waals surface area (Å²) in [6.45, 7) is 0. The van der Waals surface area contributed by atoms with Crippen molar-refractivity contribution >= 4 is 60.5 Å². The molecule has 0 saturated heterocycles. The van der Waals surface area contributed by atoms with Crippen LogP contribution in [0.15, 0.2) is 265 Å². The van der Waals surface area contributed by atoms with Crippen LogP contribution in [0.1, 0.15) is 22.3 Å². The Labute approximate surface area is 412 Å². The lowest BCUT2D eigenvalue weighted by Gasteiger charge is -2.32. The molecule has 15 rings (SSSR count). The summed E-state index contributed by atoms with van der Waals surface area (Å²) in [5, 5.41) is 7.10. The van der Waals surface area contributed by atoms with E-state index in [9.17, 15) is 0 Å². The lowest BCUT2D eigenvalue weighted by atomic mass is 9.70. The van der Waals surface area contributed by atoms with Gasteiger partial charge in [0.15, 0.2) is 0 Å². The van der Waals surface area contributed by atoms with E-state index < -0.39 is 5.41 Å². The van der Waals surface area contributed by atoms with Gasteiger partial charge in [0.1, 0.15) is 11.2 Å². The normalized spacial score (nSPS) is 12.9. The van der Waals surface area contributed by atoms with E-state index in [0.717, 1.165) is 55.7 Å². The first kappa shape index (κ1) is 39.7. The van der Waals surface area contributed by atoms with Gasteiger partial charge in [0.2, 0.25) is 0 Å². The highest BCUT2D eigenvalue weighted by Gasteiger charge is 2.51. The Morgan fingerprint density at radius 1 is 0.282 bits per heavy atom. The van der Waals surface area contributed by atoms with Crippen molar-refractivity contribution in [3.05, 3.63) is 283 Å². The molecule has 0 N–H and O–H groups in total. The summed E-state index contributed by atoms with van der Waals surface area (Å²) in [7, 11) is 0. The quantitative estimate of drug-likeness (QED) is 0.165. The van der Waals surface area contributed by atoms with E-state index in [1.807, 2.05) is 0 Å². The summed E-state index contributed by atoms with van der Waals surface area (Å²) >= 11 is 0. The predicted molar refractivity (Wildman–Crippen MR) is 296 cm³/mol. The molecule has 0 amide bonds. The van der Waals surface area contributed by atoms with E-state index in [0.29, 0.717) is 0 Å². The second-order valence-corrected chi connectivity index (χ2v) is 19.1. The molecule has 0 aliphatic heterocycles. The highest BCUT2D eigenvalue weighted by Crippen LogP contribution is 2.63. The van der Waals surface area contributed by atoms with Crippen LogP contribution in [0, 0.1) is 0 Å². The Kier molecular flexibility index (Phi) is 8.61. The summed E-state index contributed by atoms with van der Waals surface area (Å²) in [5.74, 6) is 0. The molecule has 1 aromatic heterocycles. The number of anilines is 3. The number of benzene rings is 12. The molecule has 1 heterocycles. The van der Waals surface area contributed by atoms with Gasteiger partial charge in [-0.15, -0.1) is 0 Å². The molecular formula is C69H43NO. The number of hydrogen-bond donors (Lipinski definition) is 0. The van der Waals surface area contributed by atoms with Gasteiger partial charge in [-0.1, -0.05) is 212 Å². The Bertz CT molecular complexity index is 4240. The fourth-order valence-electron chi connectivity index (χ4n) is 12.4. The molecule has 1 spiro atoms. The largest absolute Gasteiger partial charge is 0.455 e. The minimum absolute atomic E-state index is 0.483. The zero-order valence-electron chi connectivity index (χ0n) is 38.7. The van der Waals surface area contributed by atoms with Crippen LogP contribution in [-0.2, 0) is 5.41 Å². The monoisotopic (exact) mass is 901 g/mol. The second-order valence-electron chi connectivity index (χ2n) is 19.1. The van der Waals surface area contributed by atoms with Gasteiger partial charge in [-0.05, 0) is 137 Å². The molecule has 71 heavy (non-hydrogen) atoms. The van der Waals surface area contributed by atoms with E-state index in [1.54, 1.807) is 0 Å². The third-order valence-electron chi connectivity index (χ3n) is 15.5. The Morgan fingerprint density at radius 2 is 0.803 bits per heavy atom. The molecule has 0 saturated carbocycles. The summed E-state index contributed by atoms with van der Waals surface area (Å²) in [6.07, 6.45) is 0. The van der Waals surface area contributed by atoms with Gasteiger partial charge in [0.05, 0.1) is 11.1 Å². The van der Waals surface area contributed by atoms with Crippen molar-refractivity contribution in [1.29, 1.82) is 0 Å². The Balaban J connectivity index is 0.939. The molecular weight excluding hydrogens is 859 g/mol. The maximum atomic E-state index is 6.93. The topological polar surface area (TPSA) is 16.4 Å². The number of furan rings is 1. The van der Waals surface area contributed by atoms with Crippen molar-refractivity contribution in [2.24, 2.45) is 0 Å². The average Bonchev–Trinajstić information content (AvgIpc) is 4.07. The fraction of sp³-hybridized carbons (Fsp3) is 0.0145. The highest BCUT2D eigenvalue weighted by molar-refractivity contribution is 6.14. The summed E-state index contributed by atoms with van der Waals surface area (Å²) in [4.78, 5) is 2.46. The highest BCUT2D eigenvalue weighted by atomic mass is 16.3. The molecule has 2 aliphatic carbocycles. The molecule has 330 valence electrons. The summed E-state index contributed by atoms with van der Waals surface area (Å²) in [5.41, 5.74) is 21.8. The molecule has 2 nitrogen and oxygen atoms in total. The van der Waals surface area contributed by atoms with Crippen molar-refractivity contribution in [2.45, 2.75) is 5.41 Å². The molecule has 2 aliphatic rings. The SMILES string of the molecule is c1cc(-c2ccc(N(c3ccc4c(c3)C3(c5ccccc5-c5ccccc53)c3ccccc3-4)c3ccccc3-c3cccc4c3oc3cc5ccccc5cc34)cc2)cc(-c2cccc3ccccc23)c1. The van der Waals surface area contributed by atoms with Crippen LogP contribution in [0.2, 0.25) is 0 Å². The van der Waals surface area contributed by atoms with Gasteiger partial charge >= 0.3 is 0 Å². The smallest absolute Gasteiger partial charge is 0.143 e. The van der Waals surface area contributed by atoms with Gasteiger partial charge in [0.25, 0.3) is 0 Å². The van der Waals surface area contributed by atoms with E-state index >= 15 is 0 Å². The number of hydrogen-bond acceptors (Lipinski definition) is 2. The maximum absolute atomic E-state index is 6.93. The first-order valence-electron chi connectivity index (χ1n) is 24.6. The van der Waals surface area contributed by atoms with E-state index in [4.69, 9.17) is 4.42 Å². The average molecular weight is 902 g/mol. The lowest BCUT2D eigenvalue weighted by Crippen LogP contribution is -2.26. The van der Waals surface area contributed by atoms with Crippen LogP contribution < -0.4 is 4.90 Å². The van der Waals surface area contributed by atoms with Crippen molar-refractivity contribution in [3.8, 4) is 55.6 Å². The molecule has 0 bridgehead atoms. The molecule has 0 atom stereocenters. The first-order valence-corrected chi connectivity index (χ1v) is 24.6. The van der Waals surface area contributed by atoms with E-state index in [-0.39, 0.29) is 0 Å². The Hall–Kier alpha value is -9.24. The van der Waals surface area contributed by atoms with Crippen LogP contribution >= 0.6 is 0 Å². The zero-order valence-corrected chi connectivity index (χ0v) is 38.7. The predicted octanol–water partition coefficient (Wildman–Crippen LogP) is 18.7. The van der Waals surface area contributed by atoms with Gasteiger partial charge in [-0.2, -0.15) is 0 Å². The van der Waals surface area contributed by atoms with Crippen LogP contribution in [0.25, 0.3) is 99.1 Å². The molecule has 2 heteroatoms. The van der Waals surface area contributed by atoms with E-state index in [2.05, 4.69) is 266 Å². The van der Waals surface area contributed by atoms with Crippen LogP contribution in [0.3, 0.4) is 0 Å². The lowest BCUT2D eigenvalue weighted by molar-refractivity contribution is 0.670. The minimum Gasteiger partial charge on any atom is -0.455 e. The van der Waals surface area contributed by atoms with Crippen LogP contribution in [0.5, 0.6) is 0 Å². The molecule has 0 unspecified atom stereocenters. The number of para-hydroxylation sites is 2. The fourth-order valence-corrected chi connectivity index (χ4v) is 12.4. The molecule has 0 radical (unpaired) electrons. The third-order valence-corrected chi connectivity index (χ3v) is 15.5. The van der Waals surface area contributed by atoms with Crippen molar-refractivity contribution in [2.75, 3.05) is 4.90 Å². The second kappa shape index (κ2) is 15.4. The zero-order chi connectivity index (χ0) is 46.6. The summed E-state index contributed by atoms with van der Waals surface area (Å²) < 4.78 is 6.93. The Morgan fingerprint density at radius 3 is 1.55 bits per heavy atom. The van der Waals surface area contributed by atoms with E-state index in [1.165, 1.54) is 82.7 Å². The van der Waals surface area contributed by atoms with Crippen LogP contribution in [-0.4, -0.2) is 0 Å². The first-order chi connectivity index (χ1) is 35.2. The number of nitrogens with zero attached hydrogens (tertiary/aromatic N) is 1. The van der Waals surface area contributed by atoms with Crippen molar-refractivity contribution in [1.82, 2.24) is 0 Å². The van der Waals surface area contributed by atoms with Gasteiger partial charge < -0.3 is 9.32 Å². The van der Waals surface area contributed by atoms with Gasteiger partial charge in [0, 0.05) is 33.3 Å². The molecule has 0 fully saturated rings. The standard InChI is InChI=1S/C69H43NO/c1-2-18-48-42-67-61(41-47(48)17-1)60-29-15-28-59(68(60)71-67)58-26-8-12-33-66(58)70(50-36-34-44(35-37-50)46-20-13-21-49(40-46)53-27-14-19-45-16-3-4-22-52(45)53)51-38-39-57-56-25-7-11-32-64(56)69(65(57)43-51)62-30-9-5-23-54(62)55-24-6-10-31-63(55)69/h1-43H. The molecule has 13 aromatic rings. The van der Waals surface area contributed by atoms with Crippen molar-refractivity contribution in [3.63, 3.8) is 0 Å². The third kappa shape index (κ3) is 5.83. The number of rotatable bonds is 6. The summed E-state index contributed by atoms with van der Waals surface area (Å²) in [6, 6.07) is 96.1. The van der Waals surface area contributed by atoms with Gasteiger partial charge in [-0.3, -0.25) is 0 Å². The van der Waals surface area contributed by atoms with Crippen molar-refractivity contribution < 1.29 is 4.42 Å². The minimum atomic E-state index is -0.483. The maximum Gasteiger partial charge on any atom is 0.143 e. The van der Waals surface area contributed by atoms with Gasteiger partial charge in [-0.25, -0.2) is 0 Å². The van der Waals surface area contributed by atoms with Crippen LogP contribution in [0.4, 0.5) is 17.1 Å². The molecule has 12 aromatic carbocycles.